The van der Waals surface area contributed by atoms with Crippen LogP contribution in [0.4, 0.5) is 0 Å². The van der Waals surface area contributed by atoms with Gasteiger partial charge in [-0.3, -0.25) is 0 Å². The molecule has 0 saturated heterocycles. The highest BCUT2D eigenvalue weighted by Gasteiger charge is 2.21. The fraction of sp³-hybridized carbons (Fsp3) is 0. The van der Waals surface area contributed by atoms with E-state index in [4.69, 9.17) is 24.4 Å². The van der Waals surface area contributed by atoms with Crippen molar-refractivity contribution >= 4 is 21.9 Å². The molecule has 10 rings (SSSR count). The molecule has 0 saturated carbocycles. The molecule has 0 N–H and O–H groups in total. The van der Waals surface area contributed by atoms with Crippen LogP contribution in [0.15, 0.2) is 199 Å². The third-order valence-electron chi connectivity index (χ3n) is 9.94. The van der Waals surface area contributed by atoms with Gasteiger partial charge in [0.1, 0.15) is 11.2 Å². The van der Waals surface area contributed by atoms with E-state index in [0.29, 0.717) is 11.6 Å². The molecule has 0 spiro atoms. The lowest BCUT2D eigenvalue weighted by Gasteiger charge is -2.15. The minimum absolute atomic E-state index is 0.601. The molecule has 0 atom stereocenters. The van der Waals surface area contributed by atoms with Crippen molar-refractivity contribution in [1.82, 2.24) is 19.9 Å². The fourth-order valence-corrected chi connectivity index (χ4v) is 7.27. The van der Waals surface area contributed by atoms with Gasteiger partial charge in [-0.25, -0.2) is 19.9 Å². The standard InChI is InChI=1S/C50H32N4O/c1-5-16-33(17-6-1)42-31-43(34-18-7-2-8-19-34)52-49(51-42)37-28-29-38(39-25-15-27-47-48(39)40-24-13-14-26-46(40)55-47)41(30-37)50-53-44(35-20-9-3-10-21-35)32-45(54-50)36-22-11-4-12-23-36/h1-32H. The second kappa shape index (κ2) is 13.8. The smallest absolute Gasteiger partial charge is 0.161 e. The Morgan fingerprint density at radius 3 is 1.27 bits per heavy atom. The summed E-state index contributed by atoms with van der Waals surface area (Å²) in [6, 6.07) is 66.0. The summed E-state index contributed by atoms with van der Waals surface area (Å²) in [6.07, 6.45) is 0. The highest BCUT2D eigenvalue weighted by molar-refractivity contribution is 6.13. The number of nitrogens with zero attached hydrogens (tertiary/aromatic N) is 4. The van der Waals surface area contributed by atoms with E-state index < -0.39 is 0 Å². The van der Waals surface area contributed by atoms with Crippen LogP contribution in [0.25, 0.3) is 101 Å². The molecule has 5 nitrogen and oxygen atoms in total. The van der Waals surface area contributed by atoms with Gasteiger partial charge in [0.05, 0.1) is 22.8 Å². The Balaban J connectivity index is 1.26. The lowest BCUT2D eigenvalue weighted by molar-refractivity contribution is 0.669. The summed E-state index contributed by atoms with van der Waals surface area (Å²) in [4.78, 5) is 21.0. The van der Waals surface area contributed by atoms with Gasteiger partial charge in [-0.15, -0.1) is 0 Å². The lowest BCUT2D eigenvalue weighted by Crippen LogP contribution is -2.00. The largest absolute Gasteiger partial charge is 0.456 e. The fourth-order valence-electron chi connectivity index (χ4n) is 7.27. The molecule has 0 bridgehead atoms. The van der Waals surface area contributed by atoms with Crippen molar-refractivity contribution in [3.05, 3.63) is 194 Å². The van der Waals surface area contributed by atoms with E-state index in [2.05, 4.69) is 97.1 Å². The SMILES string of the molecule is c1ccc(-c2cc(-c3ccccc3)nc(-c3ccc(-c4cccc5oc6ccccc6c45)c(-c4nc(-c5ccccc5)cc(-c5ccccc5)n4)c3)n2)cc1. The summed E-state index contributed by atoms with van der Waals surface area (Å²) in [6.45, 7) is 0. The maximum absolute atomic E-state index is 6.37. The first-order valence-corrected chi connectivity index (χ1v) is 18.3. The average Bonchev–Trinajstić information content (AvgIpc) is 3.66. The molecule has 3 aromatic heterocycles. The number of furan rings is 1. The van der Waals surface area contributed by atoms with Crippen molar-refractivity contribution < 1.29 is 4.42 Å². The van der Waals surface area contributed by atoms with E-state index in [-0.39, 0.29) is 0 Å². The van der Waals surface area contributed by atoms with Crippen LogP contribution in [0.5, 0.6) is 0 Å². The van der Waals surface area contributed by atoms with E-state index in [1.807, 2.05) is 97.1 Å². The molecule has 7 aromatic carbocycles. The number of rotatable bonds is 7. The number of hydrogen-bond acceptors (Lipinski definition) is 5. The van der Waals surface area contributed by atoms with Crippen LogP contribution < -0.4 is 0 Å². The molecule has 0 aliphatic heterocycles. The topological polar surface area (TPSA) is 64.7 Å². The second-order valence-electron chi connectivity index (χ2n) is 13.4. The molecule has 55 heavy (non-hydrogen) atoms. The Bertz CT molecular complexity index is 2850. The van der Waals surface area contributed by atoms with Gasteiger partial charge >= 0.3 is 0 Å². The summed E-state index contributed by atoms with van der Waals surface area (Å²) in [5.74, 6) is 1.21. The lowest BCUT2D eigenvalue weighted by atomic mass is 9.93. The van der Waals surface area contributed by atoms with Crippen LogP contribution in [0.1, 0.15) is 0 Å². The van der Waals surface area contributed by atoms with Crippen molar-refractivity contribution in [3.63, 3.8) is 0 Å². The van der Waals surface area contributed by atoms with E-state index in [1.54, 1.807) is 0 Å². The molecule has 5 heteroatoms. The minimum Gasteiger partial charge on any atom is -0.456 e. The van der Waals surface area contributed by atoms with Gasteiger partial charge in [-0.1, -0.05) is 164 Å². The zero-order valence-electron chi connectivity index (χ0n) is 29.7. The normalized spacial score (nSPS) is 11.3. The van der Waals surface area contributed by atoms with Gasteiger partial charge < -0.3 is 4.42 Å². The molecular formula is C50H32N4O. The Morgan fingerprint density at radius 2 is 0.745 bits per heavy atom. The highest BCUT2D eigenvalue weighted by Crippen LogP contribution is 2.42. The van der Waals surface area contributed by atoms with Crippen molar-refractivity contribution in [3.8, 4) is 78.9 Å². The average molecular weight is 705 g/mol. The van der Waals surface area contributed by atoms with Crippen LogP contribution in [-0.2, 0) is 0 Å². The van der Waals surface area contributed by atoms with Gasteiger partial charge in [0.15, 0.2) is 11.6 Å². The first-order valence-electron chi connectivity index (χ1n) is 18.3. The number of hydrogen-bond donors (Lipinski definition) is 0. The Labute approximate surface area is 318 Å². The maximum atomic E-state index is 6.37. The summed E-state index contributed by atoms with van der Waals surface area (Å²) in [5, 5.41) is 2.10. The summed E-state index contributed by atoms with van der Waals surface area (Å²) in [5.41, 5.74) is 12.8. The quantitative estimate of drug-likeness (QED) is 0.165. The van der Waals surface area contributed by atoms with Crippen LogP contribution in [0, 0.1) is 0 Å². The third kappa shape index (κ3) is 6.14. The van der Waals surface area contributed by atoms with E-state index in [1.165, 1.54) is 0 Å². The molecule has 0 fully saturated rings. The van der Waals surface area contributed by atoms with Crippen LogP contribution in [0.2, 0.25) is 0 Å². The van der Waals surface area contributed by atoms with Crippen molar-refractivity contribution in [2.24, 2.45) is 0 Å². The van der Waals surface area contributed by atoms with E-state index in [0.717, 1.165) is 89.2 Å². The second-order valence-corrected chi connectivity index (χ2v) is 13.4. The van der Waals surface area contributed by atoms with Crippen molar-refractivity contribution in [2.45, 2.75) is 0 Å². The van der Waals surface area contributed by atoms with Crippen molar-refractivity contribution in [1.29, 1.82) is 0 Å². The Hall–Kier alpha value is -7.50. The molecule has 0 aliphatic carbocycles. The molecular weight excluding hydrogens is 673 g/mol. The van der Waals surface area contributed by atoms with Gasteiger partial charge in [-0.2, -0.15) is 0 Å². The zero-order chi connectivity index (χ0) is 36.6. The van der Waals surface area contributed by atoms with E-state index >= 15 is 0 Å². The van der Waals surface area contributed by atoms with Gasteiger partial charge in [0, 0.05) is 44.2 Å². The number of fused-ring (bicyclic) bond motifs is 3. The number of para-hydroxylation sites is 1. The molecule has 0 amide bonds. The number of benzene rings is 7. The monoisotopic (exact) mass is 704 g/mol. The van der Waals surface area contributed by atoms with Gasteiger partial charge in [0.2, 0.25) is 0 Å². The molecule has 3 heterocycles. The van der Waals surface area contributed by atoms with E-state index in [9.17, 15) is 0 Å². The Kier molecular flexibility index (Phi) is 8.08. The van der Waals surface area contributed by atoms with Gasteiger partial charge in [0.25, 0.3) is 0 Å². The van der Waals surface area contributed by atoms with Crippen LogP contribution in [0.3, 0.4) is 0 Å². The maximum Gasteiger partial charge on any atom is 0.161 e. The molecule has 10 aromatic rings. The van der Waals surface area contributed by atoms with Crippen LogP contribution >= 0.6 is 0 Å². The molecule has 0 radical (unpaired) electrons. The molecule has 0 unspecified atom stereocenters. The first kappa shape index (κ1) is 32.2. The highest BCUT2D eigenvalue weighted by atomic mass is 16.3. The summed E-state index contributed by atoms with van der Waals surface area (Å²) >= 11 is 0. The predicted octanol–water partition coefficient (Wildman–Crippen LogP) is 12.8. The zero-order valence-corrected chi connectivity index (χ0v) is 29.7. The van der Waals surface area contributed by atoms with Gasteiger partial charge in [-0.05, 0) is 41.5 Å². The molecule has 258 valence electrons. The Morgan fingerprint density at radius 1 is 0.291 bits per heavy atom. The predicted molar refractivity (Wildman–Crippen MR) is 223 cm³/mol. The van der Waals surface area contributed by atoms with Crippen molar-refractivity contribution in [2.75, 3.05) is 0 Å². The van der Waals surface area contributed by atoms with Crippen LogP contribution in [-0.4, -0.2) is 19.9 Å². The summed E-state index contributed by atoms with van der Waals surface area (Å²) < 4.78 is 6.37. The first-order chi connectivity index (χ1) is 27.2. The minimum atomic E-state index is 0.601. The number of aromatic nitrogens is 4. The summed E-state index contributed by atoms with van der Waals surface area (Å²) in [7, 11) is 0. The molecule has 0 aliphatic rings. The third-order valence-corrected chi connectivity index (χ3v) is 9.94.